The lowest BCUT2D eigenvalue weighted by molar-refractivity contribution is -0.139. The van der Waals surface area contributed by atoms with Gasteiger partial charge in [0.2, 0.25) is 0 Å². The molecule has 0 aliphatic carbocycles. The zero-order valence-electron chi connectivity index (χ0n) is 10.6. The molecule has 2 amide bonds. The predicted molar refractivity (Wildman–Crippen MR) is 63.8 cm³/mol. The Morgan fingerprint density at radius 3 is 2.29 bits per heavy atom. The molecule has 0 heterocycles. The molecule has 0 saturated carbocycles. The molecule has 0 aliphatic heterocycles. The van der Waals surface area contributed by atoms with E-state index in [-0.39, 0.29) is 12.6 Å². The first-order valence-electron chi connectivity index (χ1n) is 5.84. The molecule has 1 unspecified atom stereocenters. The number of nitrogens with one attached hydrogen (secondary N) is 1. The maximum Gasteiger partial charge on any atom is 0.326 e. The monoisotopic (exact) mass is 246 g/mol. The summed E-state index contributed by atoms with van der Waals surface area (Å²) < 4.78 is 0. The number of rotatable bonds is 7. The minimum Gasteiger partial charge on any atom is -0.480 e. The van der Waals surface area contributed by atoms with Crippen LogP contribution in [0.4, 0.5) is 4.79 Å². The van der Waals surface area contributed by atoms with Crippen LogP contribution in [0.5, 0.6) is 0 Å². The average Bonchev–Trinajstić information content (AvgIpc) is 2.25. The topological polar surface area (TPSA) is 89.9 Å². The van der Waals surface area contributed by atoms with Crippen molar-refractivity contribution in [1.29, 1.82) is 0 Å². The van der Waals surface area contributed by atoms with Crippen LogP contribution in [0.3, 0.4) is 0 Å². The van der Waals surface area contributed by atoms with Gasteiger partial charge in [-0.2, -0.15) is 0 Å². The zero-order valence-corrected chi connectivity index (χ0v) is 10.6. The van der Waals surface area contributed by atoms with Gasteiger partial charge in [0.15, 0.2) is 0 Å². The van der Waals surface area contributed by atoms with Gasteiger partial charge in [0, 0.05) is 19.2 Å². The van der Waals surface area contributed by atoms with Crippen molar-refractivity contribution in [2.45, 2.75) is 45.7 Å². The van der Waals surface area contributed by atoms with E-state index in [0.29, 0.717) is 19.4 Å². The van der Waals surface area contributed by atoms with Gasteiger partial charge in [-0.3, -0.25) is 0 Å². The third-order valence-corrected chi connectivity index (χ3v) is 2.45. The second-order valence-electron chi connectivity index (χ2n) is 4.11. The normalized spacial score (nSPS) is 12.3. The number of aliphatic hydroxyl groups is 1. The van der Waals surface area contributed by atoms with Crippen LogP contribution in [0, 0.1) is 0 Å². The molecule has 1 atom stereocenters. The van der Waals surface area contributed by atoms with Crippen molar-refractivity contribution in [2.75, 3.05) is 13.2 Å². The van der Waals surface area contributed by atoms with Crippen molar-refractivity contribution >= 4 is 12.0 Å². The number of carboxylic acids is 1. The first-order valence-corrected chi connectivity index (χ1v) is 5.84. The Balaban J connectivity index is 4.45. The molecular formula is C11H22N2O4. The van der Waals surface area contributed by atoms with E-state index >= 15 is 0 Å². The molecule has 0 aromatic carbocycles. The summed E-state index contributed by atoms with van der Waals surface area (Å²) >= 11 is 0. The van der Waals surface area contributed by atoms with Crippen LogP contribution in [0.15, 0.2) is 0 Å². The fourth-order valence-electron chi connectivity index (χ4n) is 1.41. The first kappa shape index (κ1) is 15.7. The lowest BCUT2D eigenvalue weighted by Gasteiger charge is -2.28. The number of urea groups is 1. The molecule has 0 fully saturated rings. The van der Waals surface area contributed by atoms with Crippen molar-refractivity contribution in [3.63, 3.8) is 0 Å². The van der Waals surface area contributed by atoms with Crippen LogP contribution in [0.1, 0.15) is 33.6 Å². The van der Waals surface area contributed by atoms with Crippen molar-refractivity contribution in [1.82, 2.24) is 10.2 Å². The smallest absolute Gasteiger partial charge is 0.326 e. The predicted octanol–water partition coefficient (Wildman–Crippen LogP) is 0.652. The number of nitrogens with zero attached hydrogens (tertiary/aromatic N) is 1. The van der Waals surface area contributed by atoms with Gasteiger partial charge in [-0.1, -0.05) is 6.92 Å². The van der Waals surface area contributed by atoms with Gasteiger partial charge in [0.05, 0.1) is 0 Å². The minimum absolute atomic E-state index is 0.00658. The second kappa shape index (κ2) is 7.89. The summed E-state index contributed by atoms with van der Waals surface area (Å²) in [4.78, 5) is 24.1. The number of aliphatic carboxylic acids is 1. The number of carbonyl (C=O) groups is 2. The van der Waals surface area contributed by atoms with Crippen LogP contribution < -0.4 is 5.32 Å². The van der Waals surface area contributed by atoms with E-state index < -0.39 is 18.0 Å². The van der Waals surface area contributed by atoms with E-state index in [0.717, 1.165) is 0 Å². The van der Waals surface area contributed by atoms with Crippen LogP contribution in [-0.2, 0) is 4.79 Å². The molecule has 0 radical (unpaired) electrons. The molecule has 3 N–H and O–H groups in total. The quantitative estimate of drug-likeness (QED) is 0.615. The zero-order chi connectivity index (χ0) is 13.4. The minimum atomic E-state index is -1.04. The molecule has 0 aromatic heterocycles. The summed E-state index contributed by atoms with van der Waals surface area (Å²) in [5, 5.41) is 20.1. The molecule has 0 saturated heterocycles. The lowest BCUT2D eigenvalue weighted by atomic mass is 10.2. The van der Waals surface area contributed by atoms with Crippen LogP contribution in [-0.4, -0.2) is 52.3 Å². The molecule has 0 aliphatic rings. The summed E-state index contributed by atoms with van der Waals surface area (Å²) in [6, 6.07) is -1.30. The molecule has 0 spiro atoms. The average molecular weight is 246 g/mol. The Morgan fingerprint density at radius 1 is 1.35 bits per heavy atom. The second-order valence-corrected chi connectivity index (χ2v) is 4.11. The Morgan fingerprint density at radius 2 is 1.94 bits per heavy atom. The highest BCUT2D eigenvalue weighted by molar-refractivity contribution is 5.82. The van der Waals surface area contributed by atoms with Gasteiger partial charge in [-0.25, -0.2) is 9.59 Å². The lowest BCUT2D eigenvalue weighted by Crippen LogP contribution is -2.50. The van der Waals surface area contributed by atoms with Crippen LogP contribution >= 0.6 is 0 Å². The van der Waals surface area contributed by atoms with E-state index in [4.69, 9.17) is 10.2 Å². The number of amides is 2. The highest BCUT2D eigenvalue weighted by Gasteiger charge is 2.22. The summed E-state index contributed by atoms with van der Waals surface area (Å²) in [7, 11) is 0. The number of carboxylic acid groups (broad SMARTS) is 1. The van der Waals surface area contributed by atoms with Gasteiger partial charge in [0.25, 0.3) is 0 Å². The molecule has 6 nitrogen and oxygen atoms in total. The maximum absolute atomic E-state index is 11.8. The number of carbonyl (C=O) groups excluding carboxylic acids is 1. The highest BCUT2D eigenvalue weighted by Crippen LogP contribution is 2.02. The van der Waals surface area contributed by atoms with Gasteiger partial charge in [0.1, 0.15) is 6.04 Å². The molecule has 0 bridgehead atoms. The largest absolute Gasteiger partial charge is 0.480 e. The van der Waals surface area contributed by atoms with Crippen molar-refractivity contribution in [2.24, 2.45) is 0 Å². The first-order chi connectivity index (χ1) is 7.93. The molecule has 100 valence electrons. The maximum atomic E-state index is 11.8. The summed E-state index contributed by atoms with van der Waals surface area (Å²) in [6.45, 7) is 5.81. The van der Waals surface area contributed by atoms with Crippen LogP contribution in [0.2, 0.25) is 0 Å². The molecular weight excluding hydrogens is 224 g/mol. The Kier molecular flexibility index (Phi) is 7.29. The summed E-state index contributed by atoms with van der Waals surface area (Å²) in [6.07, 6.45) is 0.822. The summed E-state index contributed by atoms with van der Waals surface area (Å²) in [5.74, 6) is -1.04. The Labute approximate surface area is 102 Å². The van der Waals surface area contributed by atoms with E-state index in [2.05, 4.69) is 5.32 Å². The number of hydrogen-bond acceptors (Lipinski definition) is 3. The molecule has 0 aromatic rings. The third kappa shape index (κ3) is 5.53. The van der Waals surface area contributed by atoms with E-state index in [1.54, 1.807) is 6.92 Å². The van der Waals surface area contributed by atoms with E-state index in [1.807, 2.05) is 13.8 Å². The third-order valence-electron chi connectivity index (χ3n) is 2.45. The molecule has 17 heavy (non-hydrogen) atoms. The van der Waals surface area contributed by atoms with Crippen molar-refractivity contribution in [3.8, 4) is 0 Å². The van der Waals surface area contributed by atoms with E-state index in [1.165, 1.54) is 4.90 Å². The van der Waals surface area contributed by atoms with Crippen molar-refractivity contribution in [3.05, 3.63) is 0 Å². The van der Waals surface area contributed by atoms with Gasteiger partial charge < -0.3 is 20.4 Å². The van der Waals surface area contributed by atoms with Crippen molar-refractivity contribution < 1.29 is 19.8 Å². The van der Waals surface area contributed by atoms with Gasteiger partial charge in [-0.05, 0) is 26.7 Å². The SMILES string of the molecule is CCC(NC(=O)N(CCCO)C(C)C)C(=O)O. The molecule has 0 rings (SSSR count). The fraction of sp³-hybridized carbons (Fsp3) is 0.818. The highest BCUT2D eigenvalue weighted by atomic mass is 16.4. The van der Waals surface area contributed by atoms with Gasteiger partial charge >= 0.3 is 12.0 Å². The Bertz CT molecular complexity index is 256. The Hall–Kier alpha value is -1.30. The molecule has 6 heteroatoms. The summed E-state index contributed by atoms with van der Waals surface area (Å²) in [5.41, 5.74) is 0. The number of aliphatic hydroxyl groups excluding tert-OH is 1. The number of hydrogen-bond donors (Lipinski definition) is 3. The fourth-order valence-corrected chi connectivity index (χ4v) is 1.41. The standard InChI is InChI=1S/C11H22N2O4/c1-4-9(10(15)16)12-11(17)13(8(2)3)6-5-7-14/h8-9,14H,4-7H2,1-3H3,(H,12,17)(H,15,16). The van der Waals surface area contributed by atoms with Gasteiger partial charge in [-0.15, -0.1) is 0 Å². The van der Waals surface area contributed by atoms with E-state index in [9.17, 15) is 9.59 Å². The van der Waals surface area contributed by atoms with Crippen LogP contribution in [0.25, 0.3) is 0 Å².